The molecular weight excluding hydrogens is 152 g/mol. The Balaban J connectivity index is 3.76. The van der Waals surface area contributed by atoms with Crippen molar-refractivity contribution in [3.8, 4) is 0 Å². The first kappa shape index (κ1) is 8.20. The second-order valence-electron chi connectivity index (χ2n) is 1.07. The minimum absolute atomic E-state index is 0.0281. The molecule has 0 aromatic rings. The zero-order chi connectivity index (χ0) is 6.62. The van der Waals surface area contributed by atoms with Gasteiger partial charge in [-0.15, -0.1) is 0 Å². The van der Waals surface area contributed by atoms with Crippen molar-refractivity contribution in [2.45, 2.75) is 6.92 Å². The van der Waals surface area contributed by atoms with Crippen molar-refractivity contribution in [1.82, 2.24) is 0 Å². The van der Waals surface area contributed by atoms with E-state index in [0.29, 0.717) is 0 Å². The summed E-state index contributed by atoms with van der Waals surface area (Å²) in [4.78, 5) is 0. The molecule has 0 bridgehead atoms. The molecule has 0 amide bonds. The van der Waals surface area contributed by atoms with Crippen LogP contribution in [-0.4, -0.2) is 20.2 Å². The summed E-state index contributed by atoms with van der Waals surface area (Å²) in [6.45, 7) is 1.49. The topological polar surface area (TPSA) is 43.4 Å². The van der Waals surface area contributed by atoms with E-state index in [9.17, 15) is 8.42 Å². The summed E-state index contributed by atoms with van der Waals surface area (Å²) in [7, 11) is -3.30. The average Bonchev–Trinajstić information content (AvgIpc) is 1.67. The average molecular weight is 159 g/mol. The molecule has 5 heteroatoms. The Hall–Kier alpha value is 0.200. The van der Waals surface area contributed by atoms with Crippen LogP contribution in [0.3, 0.4) is 0 Å². The summed E-state index contributed by atoms with van der Waals surface area (Å²) in [5, 5.41) is 0. The Bertz CT molecular complexity index is 139. The maximum atomic E-state index is 10.3. The molecule has 0 radical (unpaired) electrons. The Morgan fingerprint density at radius 3 is 2.25 bits per heavy atom. The fourth-order valence-electron chi connectivity index (χ4n) is 0.151. The molecule has 0 heterocycles. The van der Waals surface area contributed by atoms with E-state index >= 15 is 0 Å². The third kappa shape index (κ3) is 3.23. The highest BCUT2D eigenvalue weighted by molar-refractivity contribution is 7.86. The van der Waals surface area contributed by atoms with Gasteiger partial charge >= 0.3 is 0 Å². The molecule has 0 saturated heterocycles. The van der Waals surface area contributed by atoms with Crippen molar-refractivity contribution in [2.24, 2.45) is 0 Å². The Morgan fingerprint density at radius 2 is 2.12 bits per heavy atom. The minimum atomic E-state index is -3.30. The van der Waals surface area contributed by atoms with Crippen molar-refractivity contribution in [1.29, 1.82) is 0 Å². The molecule has 0 rings (SSSR count). The zero-order valence-electron chi connectivity index (χ0n) is 4.43. The Kier molecular flexibility index (Phi) is 3.35. The van der Waals surface area contributed by atoms with Crippen molar-refractivity contribution in [3.63, 3.8) is 0 Å². The lowest BCUT2D eigenvalue weighted by Crippen LogP contribution is -2.06. The van der Waals surface area contributed by atoms with E-state index in [-0.39, 0.29) is 11.8 Å². The normalized spacial score (nSPS) is 11.8. The van der Waals surface area contributed by atoms with Gasteiger partial charge in [0, 0.05) is 0 Å². The van der Waals surface area contributed by atoms with Gasteiger partial charge in [0.05, 0.1) is 5.75 Å². The molecule has 0 atom stereocenters. The van der Waals surface area contributed by atoms with E-state index in [1.165, 1.54) is 6.92 Å². The maximum Gasteiger partial charge on any atom is 0.268 e. The van der Waals surface area contributed by atoms with E-state index in [1.807, 2.05) is 0 Å². The van der Waals surface area contributed by atoms with Crippen LogP contribution < -0.4 is 0 Å². The smallest absolute Gasteiger partial charge is 0.254 e. The predicted molar refractivity (Wildman–Crippen MR) is 31.3 cm³/mol. The van der Waals surface area contributed by atoms with Crippen LogP contribution in [0.15, 0.2) is 0 Å². The molecule has 8 heavy (non-hydrogen) atoms. The zero-order valence-corrected chi connectivity index (χ0v) is 6.00. The quantitative estimate of drug-likeness (QED) is 0.445. The Morgan fingerprint density at radius 1 is 1.62 bits per heavy atom. The summed E-state index contributed by atoms with van der Waals surface area (Å²) in [6, 6.07) is -0.295. The molecule has 0 aliphatic carbocycles. The molecule has 0 unspecified atom stereocenters. The highest BCUT2D eigenvalue weighted by Gasteiger charge is 2.03. The van der Waals surface area contributed by atoms with Gasteiger partial charge in [-0.25, -0.2) is 0 Å². The van der Waals surface area contributed by atoms with Gasteiger partial charge in [-0.3, -0.25) is 4.18 Å². The summed E-state index contributed by atoms with van der Waals surface area (Å²) < 4.78 is 24.7. The summed E-state index contributed by atoms with van der Waals surface area (Å²) in [5.41, 5.74) is 0. The third-order valence-electron chi connectivity index (χ3n) is 0.578. The van der Waals surface area contributed by atoms with Gasteiger partial charge in [0.15, 0.2) is 0 Å². The Labute approximate surface area is 53.7 Å². The standard InChI is InChI=1S/C3H7ClO3S/c1-2-8(5,6)7-3-4/h2-3H2,1H3. The monoisotopic (exact) mass is 158 g/mol. The van der Waals surface area contributed by atoms with Crippen LogP contribution in [0.4, 0.5) is 0 Å². The van der Waals surface area contributed by atoms with Crippen LogP contribution in [0.2, 0.25) is 0 Å². The summed E-state index contributed by atoms with van der Waals surface area (Å²) in [6.07, 6.45) is 0. The number of hydrogen-bond acceptors (Lipinski definition) is 3. The minimum Gasteiger partial charge on any atom is -0.254 e. The largest absolute Gasteiger partial charge is 0.268 e. The van der Waals surface area contributed by atoms with Gasteiger partial charge in [-0.1, -0.05) is 11.6 Å². The van der Waals surface area contributed by atoms with E-state index in [0.717, 1.165) is 0 Å². The molecule has 0 saturated carbocycles. The van der Waals surface area contributed by atoms with Crippen LogP contribution in [0.25, 0.3) is 0 Å². The van der Waals surface area contributed by atoms with Crippen molar-refractivity contribution >= 4 is 21.7 Å². The van der Waals surface area contributed by atoms with E-state index in [4.69, 9.17) is 11.6 Å². The molecule has 0 aliphatic heterocycles. The fourth-order valence-corrected chi connectivity index (χ4v) is 0.861. The molecule has 0 aromatic heterocycles. The summed E-state index contributed by atoms with van der Waals surface area (Å²) >= 11 is 4.96. The van der Waals surface area contributed by atoms with Gasteiger partial charge in [0.1, 0.15) is 6.07 Å². The molecule has 0 N–H and O–H groups in total. The molecule has 50 valence electrons. The lowest BCUT2D eigenvalue weighted by Gasteiger charge is -1.94. The molecule has 0 aromatic carbocycles. The van der Waals surface area contributed by atoms with Gasteiger partial charge in [0.25, 0.3) is 10.1 Å². The van der Waals surface area contributed by atoms with Crippen LogP contribution in [0.5, 0.6) is 0 Å². The van der Waals surface area contributed by atoms with Crippen molar-refractivity contribution in [2.75, 3.05) is 11.8 Å². The highest BCUT2D eigenvalue weighted by Crippen LogP contribution is 1.92. The second kappa shape index (κ2) is 3.27. The fraction of sp³-hybridized carbons (Fsp3) is 1.00. The first-order chi connectivity index (χ1) is 3.62. The highest BCUT2D eigenvalue weighted by atomic mass is 35.5. The van der Waals surface area contributed by atoms with E-state index < -0.39 is 10.1 Å². The number of halogens is 1. The lowest BCUT2D eigenvalue weighted by atomic mass is 11.0. The van der Waals surface area contributed by atoms with E-state index in [2.05, 4.69) is 4.18 Å². The van der Waals surface area contributed by atoms with Crippen LogP contribution in [-0.2, 0) is 14.3 Å². The first-order valence-corrected chi connectivity index (χ1v) is 4.16. The lowest BCUT2D eigenvalue weighted by molar-refractivity contribution is 0.378. The SMILES string of the molecule is CCS(=O)(=O)OCCl. The molecular formula is C3H7ClO3S. The van der Waals surface area contributed by atoms with Gasteiger partial charge < -0.3 is 0 Å². The molecule has 0 aliphatic rings. The van der Waals surface area contributed by atoms with Gasteiger partial charge in [-0.2, -0.15) is 8.42 Å². The molecule has 0 fully saturated rings. The number of alkyl halides is 1. The van der Waals surface area contributed by atoms with Crippen LogP contribution >= 0.6 is 11.6 Å². The van der Waals surface area contributed by atoms with Gasteiger partial charge in [-0.05, 0) is 6.92 Å². The number of hydrogen-bond donors (Lipinski definition) is 0. The van der Waals surface area contributed by atoms with Crippen LogP contribution in [0.1, 0.15) is 6.92 Å². The number of rotatable bonds is 3. The van der Waals surface area contributed by atoms with E-state index in [1.54, 1.807) is 0 Å². The van der Waals surface area contributed by atoms with Crippen LogP contribution in [0, 0.1) is 0 Å². The third-order valence-corrected chi connectivity index (χ3v) is 2.00. The molecule has 0 spiro atoms. The second-order valence-corrected chi connectivity index (χ2v) is 3.22. The van der Waals surface area contributed by atoms with Crippen molar-refractivity contribution in [3.05, 3.63) is 0 Å². The molecule has 3 nitrogen and oxygen atoms in total. The predicted octanol–water partition coefficient (Wildman–Crippen LogP) is 0.549. The maximum absolute atomic E-state index is 10.3. The summed E-state index contributed by atoms with van der Waals surface area (Å²) in [5.74, 6) is -0.0281. The van der Waals surface area contributed by atoms with Gasteiger partial charge in [0.2, 0.25) is 0 Å². The first-order valence-electron chi connectivity index (χ1n) is 2.05. The van der Waals surface area contributed by atoms with Crippen molar-refractivity contribution < 1.29 is 12.6 Å².